The van der Waals surface area contributed by atoms with Gasteiger partial charge >= 0.3 is 0 Å². The number of nitrogens with one attached hydrogen (secondary N) is 1. The van der Waals surface area contributed by atoms with Crippen LogP contribution in [0, 0.1) is 19.6 Å². The molecule has 114 valence electrons. The first-order valence-corrected chi connectivity index (χ1v) is 8.64. The zero-order valence-electron chi connectivity index (χ0n) is 11.9. The van der Waals surface area contributed by atoms with E-state index in [2.05, 4.69) is 32.8 Å². The average Bonchev–Trinajstić information content (AvgIpc) is 3.30. The Kier molecular flexibility index (Phi) is 4.63. The molecule has 5 nitrogen and oxygen atoms in total. The van der Waals surface area contributed by atoms with Crippen LogP contribution in [0.4, 0.5) is 11.4 Å². The molecule has 0 atom stereocenters. The highest BCUT2D eigenvalue weighted by molar-refractivity contribution is 14.1. The van der Waals surface area contributed by atoms with Gasteiger partial charge in [0.15, 0.2) is 0 Å². The van der Waals surface area contributed by atoms with Gasteiger partial charge in [0.05, 0.1) is 8.49 Å². The summed E-state index contributed by atoms with van der Waals surface area (Å²) in [6.07, 6.45) is 4.96. The minimum absolute atomic E-state index is 0.206. The van der Waals surface area contributed by atoms with Crippen molar-refractivity contribution in [3.8, 4) is 0 Å². The Morgan fingerprint density at radius 1 is 1.29 bits per heavy atom. The number of hydrogen-bond acceptors (Lipinski definition) is 4. The summed E-state index contributed by atoms with van der Waals surface area (Å²) < 4.78 is 0.728. The molecule has 1 aromatic carbocycles. The van der Waals surface area contributed by atoms with E-state index in [4.69, 9.17) is 0 Å². The molecule has 1 aromatic rings. The van der Waals surface area contributed by atoms with Crippen LogP contribution in [-0.4, -0.2) is 30.6 Å². The Hall–Kier alpha value is -0.890. The number of rotatable bonds is 5. The van der Waals surface area contributed by atoms with Crippen molar-refractivity contribution in [2.45, 2.75) is 31.7 Å². The Balaban J connectivity index is 1.77. The van der Waals surface area contributed by atoms with Crippen molar-refractivity contribution in [1.29, 1.82) is 0 Å². The minimum atomic E-state index is -0.306. The maximum atomic E-state index is 10.9. The molecule has 2 aliphatic rings. The molecule has 1 N–H and O–H groups in total. The average molecular weight is 401 g/mol. The van der Waals surface area contributed by atoms with Gasteiger partial charge in [-0.15, -0.1) is 0 Å². The van der Waals surface area contributed by atoms with Crippen molar-refractivity contribution in [2.24, 2.45) is 5.92 Å². The third-order valence-electron chi connectivity index (χ3n) is 4.36. The van der Waals surface area contributed by atoms with Gasteiger partial charge in [0, 0.05) is 24.3 Å². The second-order valence-electron chi connectivity index (χ2n) is 5.97. The van der Waals surface area contributed by atoms with Crippen molar-refractivity contribution in [3.05, 3.63) is 31.9 Å². The number of hydrogen-bond donors (Lipinski definition) is 1. The normalized spacial score (nSPS) is 19.5. The lowest BCUT2D eigenvalue weighted by atomic mass is 9.97. The predicted molar refractivity (Wildman–Crippen MR) is 91.8 cm³/mol. The molecule has 0 aromatic heterocycles. The number of halogens is 1. The van der Waals surface area contributed by atoms with Crippen LogP contribution < -0.4 is 10.2 Å². The van der Waals surface area contributed by atoms with Crippen molar-refractivity contribution < 1.29 is 4.92 Å². The summed E-state index contributed by atoms with van der Waals surface area (Å²) in [4.78, 5) is 13.1. The van der Waals surface area contributed by atoms with E-state index in [1.54, 1.807) is 6.07 Å². The predicted octanol–water partition coefficient (Wildman–Crippen LogP) is 3.17. The summed E-state index contributed by atoms with van der Waals surface area (Å²) >= 11 is 2.07. The summed E-state index contributed by atoms with van der Waals surface area (Å²) in [7, 11) is 0. The van der Waals surface area contributed by atoms with Crippen molar-refractivity contribution in [2.75, 3.05) is 24.5 Å². The van der Waals surface area contributed by atoms with Gasteiger partial charge in [-0.1, -0.05) is 0 Å². The molecule has 0 spiro atoms. The van der Waals surface area contributed by atoms with Crippen LogP contribution in [0.3, 0.4) is 0 Å². The van der Waals surface area contributed by atoms with E-state index < -0.39 is 0 Å². The van der Waals surface area contributed by atoms with E-state index in [9.17, 15) is 10.1 Å². The smallest absolute Gasteiger partial charge is 0.282 e. The quantitative estimate of drug-likeness (QED) is 0.468. The molecular weight excluding hydrogens is 381 g/mol. The molecule has 21 heavy (non-hydrogen) atoms. The van der Waals surface area contributed by atoms with Gasteiger partial charge in [-0.05, 0) is 79.4 Å². The molecule has 0 bridgehead atoms. The summed E-state index contributed by atoms with van der Waals surface area (Å²) in [5, 5.41) is 14.4. The zero-order valence-corrected chi connectivity index (χ0v) is 14.1. The maximum absolute atomic E-state index is 10.9. The SMILES string of the molecule is O=[N+]([O-])c1ccc(N(CC2CCNCC2)C2CC2)cc1I. The van der Waals surface area contributed by atoms with Gasteiger partial charge in [-0.2, -0.15) is 0 Å². The van der Waals surface area contributed by atoms with E-state index in [-0.39, 0.29) is 10.6 Å². The zero-order chi connectivity index (χ0) is 14.8. The largest absolute Gasteiger partial charge is 0.368 e. The standard InChI is InChI=1S/C15H20IN3O2/c16-14-9-13(3-4-15(14)19(20)21)18(12-1-2-12)10-11-5-7-17-8-6-11/h3-4,9,11-12,17H,1-2,5-8,10H2. The summed E-state index contributed by atoms with van der Waals surface area (Å²) in [5.41, 5.74) is 1.35. The van der Waals surface area contributed by atoms with Gasteiger partial charge in [0.25, 0.3) is 5.69 Å². The molecule has 1 aliphatic carbocycles. The molecule has 1 saturated carbocycles. The summed E-state index contributed by atoms with van der Waals surface area (Å²) in [5.74, 6) is 0.736. The summed E-state index contributed by atoms with van der Waals surface area (Å²) in [6.45, 7) is 3.31. The minimum Gasteiger partial charge on any atom is -0.368 e. The molecule has 1 saturated heterocycles. The lowest BCUT2D eigenvalue weighted by Crippen LogP contribution is -2.37. The molecule has 1 aliphatic heterocycles. The number of nitro groups is 1. The van der Waals surface area contributed by atoms with Gasteiger partial charge in [-0.25, -0.2) is 0 Å². The Morgan fingerprint density at radius 3 is 2.57 bits per heavy atom. The molecule has 2 fully saturated rings. The first-order valence-electron chi connectivity index (χ1n) is 7.56. The van der Waals surface area contributed by atoms with E-state index in [1.807, 2.05) is 12.1 Å². The van der Waals surface area contributed by atoms with Crippen molar-refractivity contribution in [3.63, 3.8) is 0 Å². The van der Waals surface area contributed by atoms with Crippen LogP contribution in [-0.2, 0) is 0 Å². The Morgan fingerprint density at radius 2 is 2.00 bits per heavy atom. The molecule has 1 heterocycles. The van der Waals surface area contributed by atoms with Crippen LogP contribution in [0.2, 0.25) is 0 Å². The topological polar surface area (TPSA) is 58.4 Å². The number of nitrogens with zero attached hydrogens (tertiary/aromatic N) is 2. The Labute approximate surface area is 138 Å². The molecule has 0 radical (unpaired) electrons. The molecule has 0 amide bonds. The monoisotopic (exact) mass is 401 g/mol. The highest BCUT2D eigenvalue weighted by atomic mass is 127. The van der Waals surface area contributed by atoms with Crippen LogP contribution >= 0.6 is 22.6 Å². The molecule has 0 unspecified atom stereocenters. The Bertz CT molecular complexity index is 528. The maximum Gasteiger partial charge on any atom is 0.282 e. The first-order chi connectivity index (χ1) is 10.1. The van der Waals surface area contributed by atoms with Crippen LogP contribution in [0.15, 0.2) is 18.2 Å². The second kappa shape index (κ2) is 6.48. The number of piperidine rings is 1. The van der Waals surface area contributed by atoms with Crippen LogP contribution in [0.1, 0.15) is 25.7 Å². The molecule has 3 rings (SSSR count). The third-order valence-corrected chi connectivity index (χ3v) is 5.22. The van der Waals surface area contributed by atoms with Crippen LogP contribution in [0.5, 0.6) is 0 Å². The van der Waals surface area contributed by atoms with Gasteiger partial charge in [0.2, 0.25) is 0 Å². The van der Waals surface area contributed by atoms with Crippen molar-refractivity contribution in [1.82, 2.24) is 5.32 Å². The van der Waals surface area contributed by atoms with Crippen molar-refractivity contribution >= 4 is 34.0 Å². The molecule has 6 heteroatoms. The highest BCUT2D eigenvalue weighted by Crippen LogP contribution is 2.35. The lowest BCUT2D eigenvalue weighted by molar-refractivity contribution is -0.385. The fourth-order valence-corrected chi connectivity index (χ4v) is 3.71. The second-order valence-corrected chi connectivity index (χ2v) is 7.13. The first kappa shape index (κ1) is 15.0. The van der Waals surface area contributed by atoms with E-state index in [0.717, 1.165) is 34.8 Å². The van der Waals surface area contributed by atoms with Gasteiger partial charge in [-0.3, -0.25) is 10.1 Å². The highest BCUT2D eigenvalue weighted by Gasteiger charge is 2.31. The van der Waals surface area contributed by atoms with E-state index in [1.165, 1.54) is 25.7 Å². The fourth-order valence-electron chi connectivity index (χ4n) is 3.02. The third kappa shape index (κ3) is 3.66. The molecular formula is C15H20IN3O2. The fraction of sp³-hybridized carbons (Fsp3) is 0.600. The van der Waals surface area contributed by atoms with Crippen LogP contribution in [0.25, 0.3) is 0 Å². The number of benzene rings is 1. The van der Waals surface area contributed by atoms with Gasteiger partial charge < -0.3 is 10.2 Å². The number of nitro benzene ring substituents is 1. The summed E-state index contributed by atoms with van der Waals surface area (Å²) in [6, 6.07) is 6.17. The van der Waals surface area contributed by atoms with E-state index >= 15 is 0 Å². The number of anilines is 1. The lowest BCUT2D eigenvalue weighted by Gasteiger charge is -2.32. The van der Waals surface area contributed by atoms with E-state index in [0.29, 0.717) is 6.04 Å². The van der Waals surface area contributed by atoms with Gasteiger partial charge in [0.1, 0.15) is 0 Å².